The minimum absolute atomic E-state index is 0.0448. The Labute approximate surface area is 232 Å². The summed E-state index contributed by atoms with van der Waals surface area (Å²) in [5, 5.41) is 44.9. The zero-order valence-corrected chi connectivity index (χ0v) is 23.1. The van der Waals surface area contributed by atoms with Gasteiger partial charge in [-0.2, -0.15) is 0 Å². The maximum atomic E-state index is 14.0. The summed E-state index contributed by atoms with van der Waals surface area (Å²) in [4.78, 5) is 40.8. The van der Waals surface area contributed by atoms with Gasteiger partial charge in [0.1, 0.15) is 22.8 Å². The number of aliphatic hydroxyl groups is 3. The highest BCUT2D eigenvalue weighted by Crippen LogP contribution is 2.53. The van der Waals surface area contributed by atoms with Crippen LogP contribution in [-0.4, -0.2) is 68.5 Å². The fourth-order valence-electron chi connectivity index (χ4n) is 6.66. The molecular formula is C31H34N2O7. The monoisotopic (exact) mass is 546 g/mol. The van der Waals surface area contributed by atoms with Crippen molar-refractivity contribution in [2.24, 2.45) is 17.6 Å². The Balaban J connectivity index is 1.70. The predicted octanol–water partition coefficient (Wildman–Crippen LogP) is 2.93. The van der Waals surface area contributed by atoms with Crippen molar-refractivity contribution in [3.8, 4) is 16.9 Å². The number of aromatic hydroxyl groups is 1. The number of fused-ring (bicyclic) bond motifs is 3. The Morgan fingerprint density at radius 3 is 2.20 bits per heavy atom. The molecule has 4 atom stereocenters. The van der Waals surface area contributed by atoms with Gasteiger partial charge < -0.3 is 26.2 Å². The van der Waals surface area contributed by atoms with Crippen LogP contribution in [0.15, 0.2) is 53.3 Å². The van der Waals surface area contributed by atoms with Gasteiger partial charge in [0.2, 0.25) is 5.78 Å². The molecule has 0 radical (unpaired) electrons. The summed E-state index contributed by atoms with van der Waals surface area (Å²) in [6.45, 7) is 6.35. The third-order valence-electron chi connectivity index (χ3n) is 8.67. The average molecular weight is 547 g/mol. The molecule has 0 aromatic heterocycles. The van der Waals surface area contributed by atoms with Crippen molar-refractivity contribution in [1.29, 1.82) is 0 Å². The summed E-state index contributed by atoms with van der Waals surface area (Å²) in [6.07, 6.45) is 0.281. The third kappa shape index (κ3) is 3.79. The van der Waals surface area contributed by atoms with E-state index in [-0.39, 0.29) is 35.1 Å². The number of rotatable bonds is 3. The van der Waals surface area contributed by atoms with Crippen LogP contribution in [0.3, 0.4) is 0 Å². The zero-order chi connectivity index (χ0) is 29.5. The molecule has 2 aromatic rings. The standard InChI is InChI=1S/C31H34N2O7/c1-30(2,3)16-8-6-14(7-9-16)17-10-11-20(34)22-18(17)12-15-13-19-24(33(4)5)26(36)23(29(32)39)28(38)31(19,40)27(37)21(15)25(22)35/h6-11,15,19,24,34-35,38,40H,12-13H2,1-5H3,(H2,32,39)/t15-,19-,24-,31-/m0/s1. The molecule has 1 amide bonds. The van der Waals surface area contributed by atoms with E-state index in [2.05, 4.69) is 20.8 Å². The molecule has 0 heterocycles. The van der Waals surface area contributed by atoms with Gasteiger partial charge in [0, 0.05) is 11.5 Å². The summed E-state index contributed by atoms with van der Waals surface area (Å²) in [7, 11) is 3.15. The van der Waals surface area contributed by atoms with E-state index < -0.39 is 58.0 Å². The van der Waals surface area contributed by atoms with Crippen LogP contribution in [0.2, 0.25) is 0 Å². The lowest BCUT2D eigenvalue weighted by molar-refractivity contribution is -0.153. The van der Waals surface area contributed by atoms with Gasteiger partial charge in [0.15, 0.2) is 11.4 Å². The van der Waals surface area contributed by atoms with E-state index in [0.29, 0.717) is 5.56 Å². The lowest BCUT2D eigenvalue weighted by Gasteiger charge is -2.50. The Morgan fingerprint density at radius 1 is 1.02 bits per heavy atom. The molecule has 0 unspecified atom stereocenters. The third-order valence-corrected chi connectivity index (χ3v) is 8.67. The molecule has 40 heavy (non-hydrogen) atoms. The van der Waals surface area contributed by atoms with E-state index in [1.54, 1.807) is 20.2 Å². The van der Waals surface area contributed by atoms with Gasteiger partial charge in [-0.1, -0.05) is 51.1 Å². The number of aliphatic hydroxyl groups excluding tert-OH is 2. The quantitative estimate of drug-likeness (QED) is 0.367. The fourth-order valence-corrected chi connectivity index (χ4v) is 6.66. The normalized spacial score (nSPS) is 26.5. The largest absolute Gasteiger partial charge is 0.508 e. The lowest BCUT2D eigenvalue weighted by atomic mass is 9.57. The summed E-state index contributed by atoms with van der Waals surface area (Å²) in [6, 6.07) is 10.1. The SMILES string of the molecule is CN(C)[C@@H]1C(=O)C(C(N)=O)=C(O)[C@@]2(O)C(=O)C3=C(O)c4c(O)ccc(-c5ccc(C(C)(C)C)cc5)c4C[C@H]3C[C@@H]12. The van der Waals surface area contributed by atoms with Crippen LogP contribution in [0, 0.1) is 11.8 Å². The summed E-state index contributed by atoms with van der Waals surface area (Å²) < 4.78 is 0. The molecular weight excluding hydrogens is 512 g/mol. The summed E-state index contributed by atoms with van der Waals surface area (Å²) in [5.41, 5.74) is 5.18. The van der Waals surface area contributed by atoms with Gasteiger partial charge >= 0.3 is 0 Å². The van der Waals surface area contributed by atoms with E-state index in [0.717, 1.165) is 16.7 Å². The highest BCUT2D eigenvalue weighted by molar-refractivity contribution is 6.24. The van der Waals surface area contributed by atoms with Crippen molar-refractivity contribution in [2.45, 2.75) is 50.7 Å². The molecule has 0 aliphatic heterocycles. The number of phenolic OH excluding ortho intramolecular Hbond substituents is 1. The number of carbonyl (C=O) groups is 3. The van der Waals surface area contributed by atoms with Crippen LogP contribution in [-0.2, 0) is 26.2 Å². The fraction of sp³-hybridized carbons (Fsp3) is 0.387. The van der Waals surface area contributed by atoms with Crippen molar-refractivity contribution in [2.75, 3.05) is 14.1 Å². The van der Waals surface area contributed by atoms with Crippen molar-refractivity contribution < 1.29 is 34.8 Å². The second-order valence-electron chi connectivity index (χ2n) is 12.3. The Hall–Kier alpha value is -3.95. The van der Waals surface area contributed by atoms with Crippen molar-refractivity contribution in [3.63, 3.8) is 0 Å². The molecule has 3 aliphatic carbocycles. The number of carbonyl (C=O) groups excluding carboxylic acids is 3. The predicted molar refractivity (Wildman–Crippen MR) is 148 cm³/mol. The highest BCUT2D eigenvalue weighted by Gasteiger charge is 2.64. The van der Waals surface area contributed by atoms with Crippen LogP contribution in [0.1, 0.15) is 43.9 Å². The Morgan fingerprint density at radius 2 is 1.65 bits per heavy atom. The maximum absolute atomic E-state index is 14.0. The number of benzene rings is 2. The molecule has 3 aliphatic rings. The van der Waals surface area contributed by atoms with Gasteiger partial charge in [-0.3, -0.25) is 19.3 Å². The Kier molecular flexibility index (Phi) is 6.24. The van der Waals surface area contributed by atoms with Crippen LogP contribution >= 0.6 is 0 Å². The first-order valence-electron chi connectivity index (χ1n) is 13.2. The smallest absolute Gasteiger partial charge is 0.255 e. The number of ketones is 2. The van der Waals surface area contributed by atoms with Gasteiger partial charge in [-0.25, -0.2) is 0 Å². The number of likely N-dealkylation sites (N-methyl/N-ethyl adjacent to an activating group) is 1. The van der Waals surface area contributed by atoms with Crippen molar-refractivity contribution in [3.05, 3.63) is 70.0 Å². The van der Waals surface area contributed by atoms with Gasteiger partial charge in [0.05, 0.1) is 11.6 Å². The molecule has 9 heteroatoms. The first kappa shape index (κ1) is 27.6. The molecule has 9 nitrogen and oxygen atoms in total. The van der Waals surface area contributed by atoms with E-state index >= 15 is 0 Å². The first-order chi connectivity index (χ1) is 18.6. The molecule has 1 saturated carbocycles. The average Bonchev–Trinajstić information content (AvgIpc) is 2.85. The molecule has 0 spiro atoms. The van der Waals surface area contributed by atoms with E-state index in [4.69, 9.17) is 5.73 Å². The molecule has 1 fully saturated rings. The number of hydrogen-bond acceptors (Lipinski definition) is 8. The highest BCUT2D eigenvalue weighted by atomic mass is 16.3. The number of phenols is 1. The first-order valence-corrected chi connectivity index (χ1v) is 13.2. The van der Waals surface area contributed by atoms with E-state index in [1.165, 1.54) is 11.0 Å². The van der Waals surface area contributed by atoms with Gasteiger partial charge in [-0.15, -0.1) is 0 Å². The summed E-state index contributed by atoms with van der Waals surface area (Å²) in [5.74, 6) is -6.63. The minimum atomic E-state index is -2.65. The van der Waals surface area contributed by atoms with Gasteiger partial charge in [0.25, 0.3) is 5.91 Å². The van der Waals surface area contributed by atoms with E-state index in [1.807, 2.05) is 24.3 Å². The van der Waals surface area contributed by atoms with Gasteiger partial charge in [-0.05, 0) is 66.6 Å². The molecule has 0 bridgehead atoms. The number of nitrogens with two attached hydrogens (primary N) is 1. The lowest BCUT2D eigenvalue weighted by Crippen LogP contribution is -2.65. The number of amides is 1. The molecule has 2 aromatic carbocycles. The van der Waals surface area contributed by atoms with Crippen molar-refractivity contribution >= 4 is 23.2 Å². The topological polar surface area (TPSA) is 161 Å². The second kappa shape index (κ2) is 9.04. The zero-order valence-electron chi connectivity index (χ0n) is 23.1. The molecule has 6 N–H and O–H groups in total. The number of primary amides is 1. The van der Waals surface area contributed by atoms with Crippen LogP contribution in [0.25, 0.3) is 16.9 Å². The second-order valence-corrected chi connectivity index (χ2v) is 12.3. The van der Waals surface area contributed by atoms with Crippen LogP contribution in [0.5, 0.6) is 5.75 Å². The Bertz CT molecular complexity index is 1530. The number of hydrogen-bond donors (Lipinski definition) is 5. The van der Waals surface area contributed by atoms with Crippen LogP contribution in [0.4, 0.5) is 0 Å². The van der Waals surface area contributed by atoms with E-state index in [9.17, 15) is 34.8 Å². The molecule has 5 rings (SSSR count). The van der Waals surface area contributed by atoms with Crippen molar-refractivity contribution in [1.82, 2.24) is 4.90 Å². The number of Topliss-reactive ketones (excluding diaryl/α,β-unsaturated/α-hetero) is 2. The maximum Gasteiger partial charge on any atom is 0.255 e. The minimum Gasteiger partial charge on any atom is -0.508 e. The number of nitrogens with zero attached hydrogens (tertiary/aromatic N) is 1. The molecule has 0 saturated heterocycles. The summed E-state index contributed by atoms with van der Waals surface area (Å²) >= 11 is 0. The molecule has 210 valence electrons. The van der Waals surface area contributed by atoms with Crippen LogP contribution < -0.4 is 5.73 Å².